The Kier molecular flexibility index (Phi) is 6.22. The first-order chi connectivity index (χ1) is 11.3. The monoisotopic (exact) mass is 406 g/mol. The van der Waals surface area contributed by atoms with Gasteiger partial charge in [-0.25, -0.2) is 0 Å². The van der Waals surface area contributed by atoms with Crippen molar-refractivity contribution in [3.8, 4) is 0 Å². The van der Waals surface area contributed by atoms with Crippen LogP contribution < -0.4 is 4.46 Å². The molecular formula is C20H22O2SSe. The summed E-state index contributed by atoms with van der Waals surface area (Å²) in [6, 6.07) is 18.8. The quantitative estimate of drug-likeness (QED) is 0.558. The molecule has 0 saturated carbocycles. The van der Waals surface area contributed by atoms with Crippen LogP contribution in [0.3, 0.4) is 0 Å². The molecule has 0 aliphatic rings. The van der Waals surface area contributed by atoms with Crippen LogP contribution in [0.25, 0.3) is 0 Å². The van der Waals surface area contributed by atoms with Gasteiger partial charge in [-0.2, -0.15) is 0 Å². The Hall–Kier alpha value is -1.61. The molecule has 0 amide bonds. The summed E-state index contributed by atoms with van der Waals surface area (Å²) in [6.45, 7) is 6.47. The van der Waals surface area contributed by atoms with E-state index in [9.17, 15) is 8.42 Å². The van der Waals surface area contributed by atoms with Crippen LogP contribution >= 0.6 is 0 Å². The Labute approximate surface area is 151 Å². The first-order valence-electron chi connectivity index (χ1n) is 7.71. The SMILES string of the molecule is CC(C)(C)/C(=C/C=C/S(=O)(=O)c1ccccc1)[Se]c1ccccc1. The summed E-state index contributed by atoms with van der Waals surface area (Å²) in [5.41, 5.74) is -0.00328. The van der Waals surface area contributed by atoms with E-state index in [0.717, 1.165) is 0 Å². The number of allylic oxidation sites excluding steroid dienone is 3. The number of rotatable bonds is 5. The Balaban J connectivity index is 2.24. The molecule has 0 atom stereocenters. The normalized spacial score (nSPS) is 13.4. The molecule has 0 heterocycles. The van der Waals surface area contributed by atoms with Crippen molar-refractivity contribution < 1.29 is 8.42 Å². The van der Waals surface area contributed by atoms with Crippen LogP contribution in [-0.2, 0) is 9.84 Å². The summed E-state index contributed by atoms with van der Waals surface area (Å²) in [5, 5.41) is 1.29. The van der Waals surface area contributed by atoms with Crippen molar-refractivity contribution in [3.63, 3.8) is 0 Å². The third-order valence-corrected chi connectivity index (χ3v) is 7.83. The van der Waals surface area contributed by atoms with Crippen molar-refractivity contribution in [2.75, 3.05) is 0 Å². The van der Waals surface area contributed by atoms with Crippen LogP contribution in [0.1, 0.15) is 20.8 Å². The molecule has 2 nitrogen and oxygen atoms in total. The van der Waals surface area contributed by atoms with Crippen molar-refractivity contribution in [1.82, 2.24) is 0 Å². The van der Waals surface area contributed by atoms with E-state index < -0.39 is 9.84 Å². The van der Waals surface area contributed by atoms with Crippen LogP contribution in [0.15, 0.2) is 87.6 Å². The Morgan fingerprint density at radius 1 is 0.917 bits per heavy atom. The Morgan fingerprint density at radius 2 is 1.46 bits per heavy atom. The van der Waals surface area contributed by atoms with Gasteiger partial charge in [0.1, 0.15) is 0 Å². The summed E-state index contributed by atoms with van der Waals surface area (Å²) in [6.07, 6.45) is 3.61. The third kappa shape index (κ3) is 5.48. The fourth-order valence-corrected chi connectivity index (χ4v) is 5.05. The van der Waals surface area contributed by atoms with Gasteiger partial charge in [0.05, 0.1) is 0 Å². The summed E-state index contributed by atoms with van der Waals surface area (Å²) in [5.74, 6) is 0. The molecule has 0 N–H and O–H groups in total. The van der Waals surface area contributed by atoms with E-state index in [1.54, 1.807) is 30.3 Å². The van der Waals surface area contributed by atoms with E-state index >= 15 is 0 Å². The summed E-state index contributed by atoms with van der Waals surface area (Å²) < 4.78 is 27.2. The zero-order valence-electron chi connectivity index (χ0n) is 14.1. The zero-order valence-corrected chi connectivity index (χ0v) is 16.7. The molecular weight excluding hydrogens is 383 g/mol. The van der Waals surface area contributed by atoms with Crippen molar-refractivity contribution in [2.24, 2.45) is 5.41 Å². The van der Waals surface area contributed by atoms with Gasteiger partial charge in [0.15, 0.2) is 0 Å². The van der Waals surface area contributed by atoms with Gasteiger partial charge in [0.25, 0.3) is 0 Å². The van der Waals surface area contributed by atoms with E-state index in [1.165, 1.54) is 14.3 Å². The second kappa shape index (κ2) is 7.98. The molecule has 2 aromatic carbocycles. The molecule has 0 aliphatic heterocycles. The fourth-order valence-electron chi connectivity index (χ4n) is 1.97. The Morgan fingerprint density at radius 3 is 2.00 bits per heavy atom. The molecule has 0 fully saturated rings. The average molecular weight is 405 g/mol. The van der Waals surface area contributed by atoms with Crippen LogP contribution in [0.2, 0.25) is 0 Å². The standard InChI is InChI=1S/C20H22O2SSe/c1-20(2,3)19(24-18-13-8-5-9-14-18)15-10-16-23(21,22)17-11-6-4-7-12-17/h4-16H,1-3H3/b16-10+,19-15-. The van der Waals surface area contributed by atoms with Crippen molar-refractivity contribution in [1.29, 1.82) is 0 Å². The molecule has 2 rings (SSSR count). The van der Waals surface area contributed by atoms with E-state index in [4.69, 9.17) is 0 Å². The second-order valence-electron chi connectivity index (χ2n) is 6.38. The van der Waals surface area contributed by atoms with Gasteiger partial charge in [-0.15, -0.1) is 0 Å². The second-order valence-corrected chi connectivity index (χ2v) is 10.6. The van der Waals surface area contributed by atoms with Gasteiger partial charge in [0, 0.05) is 0 Å². The number of benzene rings is 2. The summed E-state index contributed by atoms with van der Waals surface area (Å²) in [7, 11) is -3.39. The van der Waals surface area contributed by atoms with Crippen LogP contribution in [-0.4, -0.2) is 23.4 Å². The fraction of sp³-hybridized carbons (Fsp3) is 0.200. The molecule has 126 valence electrons. The molecule has 0 aromatic heterocycles. The zero-order chi connectivity index (χ0) is 17.6. The summed E-state index contributed by atoms with van der Waals surface area (Å²) in [4.78, 5) is 0.320. The predicted octanol–water partition coefficient (Wildman–Crippen LogP) is 3.93. The van der Waals surface area contributed by atoms with Crippen LogP contribution in [0, 0.1) is 5.41 Å². The van der Waals surface area contributed by atoms with Crippen LogP contribution in [0.5, 0.6) is 0 Å². The first kappa shape index (κ1) is 18.7. The third-order valence-electron chi connectivity index (χ3n) is 3.29. The minimum absolute atomic E-state index is 0.00328. The minimum atomic E-state index is -3.39. The van der Waals surface area contributed by atoms with E-state index in [-0.39, 0.29) is 20.4 Å². The molecule has 0 saturated heterocycles. The van der Waals surface area contributed by atoms with Crippen molar-refractivity contribution >= 4 is 29.3 Å². The predicted molar refractivity (Wildman–Crippen MR) is 102 cm³/mol. The Bertz CT molecular complexity index is 815. The molecule has 24 heavy (non-hydrogen) atoms. The molecule has 0 spiro atoms. The van der Waals surface area contributed by atoms with Gasteiger partial charge in [0.2, 0.25) is 0 Å². The maximum absolute atomic E-state index is 12.3. The van der Waals surface area contributed by atoms with E-state index in [2.05, 4.69) is 32.9 Å². The maximum atomic E-state index is 12.3. The number of hydrogen-bond acceptors (Lipinski definition) is 2. The summed E-state index contributed by atoms with van der Waals surface area (Å²) >= 11 is 0.167. The number of sulfone groups is 1. The van der Waals surface area contributed by atoms with Gasteiger partial charge >= 0.3 is 151 Å². The van der Waals surface area contributed by atoms with E-state index in [0.29, 0.717) is 4.90 Å². The first-order valence-corrected chi connectivity index (χ1v) is 11.0. The van der Waals surface area contributed by atoms with Gasteiger partial charge < -0.3 is 0 Å². The molecule has 0 radical (unpaired) electrons. The number of hydrogen-bond donors (Lipinski definition) is 0. The molecule has 0 aliphatic carbocycles. The van der Waals surface area contributed by atoms with Crippen molar-refractivity contribution in [2.45, 2.75) is 25.7 Å². The van der Waals surface area contributed by atoms with Gasteiger partial charge in [-0.3, -0.25) is 0 Å². The van der Waals surface area contributed by atoms with Gasteiger partial charge in [-0.1, -0.05) is 0 Å². The molecule has 0 bridgehead atoms. The van der Waals surface area contributed by atoms with E-state index in [1.807, 2.05) is 30.3 Å². The van der Waals surface area contributed by atoms with Gasteiger partial charge in [-0.05, 0) is 0 Å². The average Bonchev–Trinajstić information content (AvgIpc) is 2.55. The molecule has 0 unspecified atom stereocenters. The van der Waals surface area contributed by atoms with Crippen LogP contribution in [0.4, 0.5) is 0 Å². The molecule has 2 aromatic rings. The van der Waals surface area contributed by atoms with Crippen molar-refractivity contribution in [3.05, 3.63) is 82.7 Å². The topological polar surface area (TPSA) is 34.1 Å². The molecule has 4 heteroatoms.